The molecule has 6 nitrogen and oxygen atoms in total. The van der Waals surface area contributed by atoms with Crippen LogP contribution in [0.2, 0.25) is 0 Å². The number of nitrogens with zero attached hydrogens (tertiary/aromatic N) is 1. The molecule has 0 aliphatic rings. The van der Waals surface area contributed by atoms with Gasteiger partial charge < -0.3 is 9.73 Å². The summed E-state index contributed by atoms with van der Waals surface area (Å²) in [6, 6.07) is 12.9. The number of amides is 2. The summed E-state index contributed by atoms with van der Waals surface area (Å²) in [5, 5.41) is 6.69. The normalized spacial score (nSPS) is 11.1. The second-order valence-electron chi connectivity index (χ2n) is 5.22. The molecular weight excluding hydrogens is 306 g/mol. The van der Waals surface area contributed by atoms with Gasteiger partial charge in [-0.1, -0.05) is 43.7 Å². The van der Waals surface area contributed by atoms with E-state index in [1.54, 1.807) is 6.07 Å². The third kappa shape index (κ3) is 5.39. The minimum absolute atomic E-state index is 0.166. The number of hydrazone groups is 1. The lowest BCUT2D eigenvalue weighted by Gasteiger charge is -2.07. The van der Waals surface area contributed by atoms with Crippen LogP contribution in [0.4, 0.5) is 0 Å². The van der Waals surface area contributed by atoms with Gasteiger partial charge in [-0.2, -0.15) is 5.10 Å². The van der Waals surface area contributed by atoms with Gasteiger partial charge in [0, 0.05) is 0 Å². The predicted octanol–water partition coefficient (Wildman–Crippen LogP) is 2.72. The van der Waals surface area contributed by atoms with E-state index in [0.29, 0.717) is 0 Å². The van der Waals surface area contributed by atoms with E-state index < -0.39 is 5.91 Å². The minimum Gasteiger partial charge on any atom is -0.459 e. The second kappa shape index (κ2) is 9.29. The Kier molecular flexibility index (Phi) is 6.76. The van der Waals surface area contributed by atoms with Crippen molar-refractivity contribution >= 4 is 17.5 Å². The molecule has 0 unspecified atom stereocenters. The summed E-state index contributed by atoms with van der Waals surface area (Å²) in [7, 11) is 0. The van der Waals surface area contributed by atoms with Crippen molar-refractivity contribution in [1.82, 2.24) is 10.7 Å². The lowest BCUT2D eigenvalue weighted by molar-refractivity contribution is -0.120. The number of hydrogen-bond donors (Lipinski definition) is 2. The van der Waals surface area contributed by atoms with E-state index in [1.807, 2.05) is 30.3 Å². The Morgan fingerprint density at radius 1 is 1.12 bits per heavy atom. The molecule has 2 aromatic rings. The molecule has 0 saturated heterocycles. The van der Waals surface area contributed by atoms with E-state index in [4.69, 9.17) is 4.42 Å². The van der Waals surface area contributed by atoms with Crippen LogP contribution in [-0.2, 0) is 4.79 Å². The number of carbonyl (C=O) groups excluding carboxylic acids is 2. The molecule has 0 radical (unpaired) electrons. The molecule has 1 aromatic carbocycles. The molecule has 0 bridgehead atoms. The van der Waals surface area contributed by atoms with Crippen molar-refractivity contribution < 1.29 is 14.0 Å². The highest BCUT2D eigenvalue weighted by atomic mass is 16.3. The second-order valence-corrected chi connectivity index (χ2v) is 5.22. The molecule has 0 spiro atoms. The zero-order valence-electron chi connectivity index (χ0n) is 13.6. The van der Waals surface area contributed by atoms with Gasteiger partial charge in [-0.15, -0.1) is 0 Å². The first-order chi connectivity index (χ1) is 11.7. The molecular formula is C18H21N3O3. The fourth-order valence-electron chi connectivity index (χ4n) is 2.06. The molecule has 6 heteroatoms. The van der Waals surface area contributed by atoms with Gasteiger partial charge in [0.15, 0.2) is 5.76 Å². The zero-order valence-corrected chi connectivity index (χ0v) is 13.6. The number of furan rings is 1. The van der Waals surface area contributed by atoms with Gasteiger partial charge in [0.25, 0.3) is 11.8 Å². The Hall–Kier alpha value is -2.89. The molecule has 1 aromatic heterocycles. The van der Waals surface area contributed by atoms with E-state index in [0.717, 1.165) is 30.5 Å². The lowest BCUT2D eigenvalue weighted by atomic mass is 10.1. The maximum atomic E-state index is 11.9. The standard InChI is InChI=1S/C18H21N3O3/c1-2-3-10-15(14-8-5-4-6-9-14)20-21-17(22)13-19-18(23)16-11-7-12-24-16/h4-9,11-12H,2-3,10,13H2,1H3,(H,19,23)(H,21,22)/b20-15-. The Morgan fingerprint density at radius 3 is 2.58 bits per heavy atom. The average molecular weight is 327 g/mol. The molecule has 2 amide bonds. The molecule has 0 fully saturated rings. The smallest absolute Gasteiger partial charge is 0.287 e. The maximum absolute atomic E-state index is 11.9. The summed E-state index contributed by atoms with van der Waals surface area (Å²) in [5.74, 6) is -0.660. The third-order valence-electron chi connectivity index (χ3n) is 3.34. The van der Waals surface area contributed by atoms with Crippen molar-refractivity contribution in [1.29, 1.82) is 0 Å². The van der Waals surface area contributed by atoms with Gasteiger partial charge in [-0.25, -0.2) is 5.43 Å². The molecule has 1 heterocycles. The fourth-order valence-corrected chi connectivity index (χ4v) is 2.06. The average Bonchev–Trinajstić information content (AvgIpc) is 3.15. The largest absolute Gasteiger partial charge is 0.459 e. The summed E-state index contributed by atoms with van der Waals surface area (Å²) in [4.78, 5) is 23.6. The van der Waals surface area contributed by atoms with Gasteiger partial charge in [0.05, 0.1) is 18.5 Å². The zero-order chi connectivity index (χ0) is 17.2. The Bertz CT molecular complexity index is 679. The van der Waals surface area contributed by atoms with Crippen molar-refractivity contribution in [3.05, 3.63) is 60.1 Å². The highest BCUT2D eigenvalue weighted by molar-refractivity contribution is 6.01. The highest BCUT2D eigenvalue weighted by Gasteiger charge is 2.10. The number of nitrogens with one attached hydrogen (secondary N) is 2. The van der Waals surface area contributed by atoms with Crippen molar-refractivity contribution in [3.8, 4) is 0 Å². The Morgan fingerprint density at radius 2 is 1.92 bits per heavy atom. The minimum atomic E-state index is -0.437. The molecule has 24 heavy (non-hydrogen) atoms. The predicted molar refractivity (Wildman–Crippen MR) is 91.7 cm³/mol. The van der Waals surface area contributed by atoms with Gasteiger partial charge in [-0.3, -0.25) is 9.59 Å². The first-order valence-corrected chi connectivity index (χ1v) is 7.93. The summed E-state index contributed by atoms with van der Waals surface area (Å²) in [6.07, 6.45) is 4.20. The SMILES string of the molecule is CCCC/C(=N/NC(=O)CNC(=O)c1ccco1)c1ccccc1. The van der Waals surface area contributed by atoms with Crippen LogP contribution in [0.25, 0.3) is 0 Å². The lowest BCUT2D eigenvalue weighted by Crippen LogP contribution is -2.35. The summed E-state index contributed by atoms with van der Waals surface area (Å²) in [5.41, 5.74) is 4.29. The highest BCUT2D eigenvalue weighted by Crippen LogP contribution is 2.07. The van der Waals surface area contributed by atoms with Crippen molar-refractivity contribution in [2.75, 3.05) is 6.54 Å². The molecule has 0 saturated carbocycles. The molecule has 0 atom stereocenters. The number of benzene rings is 1. The van der Waals surface area contributed by atoms with Crippen LogP contribution >= 0.6 is 0 Å². The Balaban J connectivity index is 1.90. The molecule has 2 rings (SSSR count). The van der Waals surface area contributed by atoms with Crippen LogP contribution in [0.1, 0.15) is 42.3 Å². The first-order valence-electron chi connectivity index (χ1n) is 7.93. The van der Waals surface area contributed by atoms with Crippen molar-refractivity contribution in [3.63, 3.8) is 0 Å². The fraction of sp³-hybridized carbons (Fsp3) is 0.278. The van der Waals surface area contributed by atoms with Crippen molar-refractivity contribution in [2.24, 2.45) is 5.10 Å². The van der Waals surface area contributed by atoms with Crippen LogP contribution < -0.4 is 10.7 Å². The topological polar surface area (TPSA) is 83.7 Å². The van der Waals surface area contributed by atoms with E-state index in [1.165, 1.54) is 12.3 Å². The molecule has 126 valence electrons. The monoisotopic (exact) mass is 327 g/mol. The third-order valence-corrected chi connectivity index (χ3v) is 3.34. The summed E-state index contributed by atoms with van der Waals surface area (Å²) < 4.78 is 4.96. The van der Waals surface area contributed by atoms with Crippen molar-refractivity contribution in [2.45, 2.75) is 26.2 Å². The first kappa shape index (κ1) is 17.5. The van der Waals surface area contributed by atoms with Crippen LogP contribution in [0, 0.1) is 0 Å². The van der Waals surface area contributed by atoms with E-state index in [-0.39, 0.29) is 18.2 Å². The Labute approximate surface area is 140 Å². The quantitative estimate of drug-likeness (QED) is 0.577. The van der Waals surface area contributed by atoms with Gasteiger partial charge >= 0.3 is 0 Å². The molecule has 0 aliphatic carbocycles. The number of unbranched alkanes of at least 4 members (excludes halogenated alkanes) is 1. The van der Waals surface area contributed by atoms with Crippen LogP contribution in [0.5, 0.6) is 0 Å². The van der Waals surface area contributed by atoms with Gasteiger partial charge in [0.1, 0.15) is 0 Å². The summed E-state index contributed by atoms with van der Waals surface area (Å²) in [6.45, 7) is 1.93. The van der Waals surface area contributed by atoms with E-state index in [9.17, 15) is 9.59 Å². The van der Waals surface area contributed by atoms with Crippen LogP contribution in [0.15, 0.2) is 58.2 Å². The molecule has 0 aliphatic heterocycles. The number of hydrogen-bond acceptors (Lipinski definition) is 4. The number of carbonyl (C=O) groups is 2. The van der Waals surface area contributed by atoms with Gasteiger partial charge in [0.2, 0.25) is 0 Å². The molecule has 2 N–H and O–H groups in total. The van der Waals surface area contributed by atoms with Gasteiger partial charge in [-0.05, 0) is 30.5 Å². The summed E-state index contributed by atoms with van der Waals surface area (Å²) >= 11 is 0. The van der Waals surface area contributed by atoms with Crippen LogP contribution in [0.3, 0.4) is 0 Å². The van der Waals surface area contributed by atoms with E-state index >= 15 is 0 Å². The van der Waals surface area contributed by atoms with E-state index in [2.05, 4.69) is 22.8 Å². The maximum Gasteiger partial charge on any atom is 0.287 e. The van der Waals surface area contributed by atoms with Crippen LogP contribution in [-0.4, -0.2) is 24.1 Å². The number of rotatable bonds is 8.